The Labute approximate surface area is 234 Å². The number of rotatable bonds is 18. The van der Waals surface area contributed by atoms with Gasteiger partial charge in [-0.25, -0.2) is 0 Å². The van der Waals surface area contributed by atoms with E-state index in [1.165, 1.54) is 0 Å². The number of ketones is 2. The van der Waals surface area contributed by atoms with E-state index in [-0.39, 0.29) is 24.4 Å². The molecule has 2 aromatic rings. The molecule has 2 aromatic carbocycles. The van der Waals surface area contributed by atoms with Crippen LogP contribution in [0.3, 0.4) is 0 Å². The van der Waals surface area contributed by atoms with E-state index in [9.17, 15) is 9.59 Å². The summed E-state index contributed by atoms with van der Waals surface area (Å²) >= 11 is 0. The van der Waals surface area contributed by atoms with Gasteiger partial charge >= 0.3 is 0 Å². The Hall–Kier alpha value is -3.10. The van der Waals surface area contributed by atoms with E-state index in [2.05, 4.69) is 0 Å². The summed E-state index contributed by atoms with van der Waals surface area (Å²) in [6.45, 7) is 6.15. The molecule has 0 spiro atoms. The van der Waals surface area contributed by atoms with Crippen molar-refractivity contribution in [2.24, 2.45) is 5.41 Å². The Balaban J connectivity index is 1.92. The van der Waals surface area contributed by atoms with Crippen molar-refractivity contribution in [3.05, 3.63) is 47.5 Å². The van der Waals surface area contributed by atoms with Crippen molar-refractivity contribution in [2.45, 2.75) is 39.5 Å². The molecule has 8 nitrogen and oxygen atoms in total. The number of carbonyl (C=O) groups excluding carboxylic acids is 2. The molecular formula is C31H46N2O6. The highest BCUT2D eigenvalue weighted by Gasteiger charge is 2.34. The average molecular weight is 543 g/mol. The Morgan fingerprint density at radius 3 is 1.38 bits per heavy atom. The minimum absolute atomic E-state index is 0.0694. The van der Waals surface area contributed by atoms with E-state index in [0.717, 1.165) is 24.2 Å². The summed E-state index contributed by atoms with van der Waals surface area (Å²) < 4.78 is 22.6. The first kappa shape index (κ1) is 32.1. The van der Waals surface area contributed by atoms with Crippen molar-refractivity contribution in [3.63, 3.8) is 0 Å². The van der Waals surface area contributed by atoms with E-state index in [1.807, 2.05) is 74.4 Å². The normalized spacial score (nSPS) is 11.5. The Bertz CT molecular complexity index is 997. The summed E-state index contributed by atoms with van der Waals surface area (Å²) in [6, 6.07) is 11.4. The van der Waals surface area contributed by atoms with Gasteiger partial charge in [0, 0.05) is 25.9 Å². The summed E-state index contributed by atoms with van der Waals surface area (Å²) in [4.78, 5) is 30.3. The number of Topliss-reactive ketones (excluding diaryl/α,β-unsaturated/α-hetero) is 2. The topological polar surface area (TPSA) is 77.5 Å². The van der Waals surface area contributed by atoms with Crippen molar-refractivity contribution >= 4 is 11.6 Å². The number of aryl methyl sites for hydroxylation is 2. The number of likely N-dealkylation sites (N-methyl/N-ethyl adjacent to an activating group) is 2. The predicted octanol–water partition coefficient (Wildman–Crippen LogP) is 4.31. The lowest BCUT2D eigenvalue weighted by molar-refractivity contribution is -0.138. The molecular weight excluding hydrogens is 496 g/mol. The zero-order valence-corrected chi connectivity index (χ0v) is 25.0. The molecule has 0 amide bonds. The summed E-state index contributed by atoms with van der Waals surface area (Å²) in [6.07, 6.45) is 1.60. The van der Waals surface area contributed by atoms with E-state index < -0.39 is 5.41 Å². The van der Waals surface area contributed by atoms with Crippen LogP contribution >= 0.6 is 0 Å². The highest BCUT2D eigenvalue weighted by atomic mass is 16.5. The first-order valence-corrected chi connectivity index (χ1v) is 13.4. The molecule has 0 unspecified atom stereocenters. The second-order valence-corrected chi connectivity index (χ2v) is 10.7. The monoisotopic (exact) mass is 542 g/mol. The number of benzene rings is 2. The van der Waals surface area contributed by atoms with Crippen molar-refractivity contribution in [1.29, 1.82) is 0 Å². The lowest BCUT2D eigenvalue weighted by Gasteiger charge is -2.22. The molecule has 0 aliphatic carbocycles. The maximum Gasteiger partial charge on any atom is 0.161 e. The van der Waals surface area contributed by atoms with Gasteiger partial charge < -0.3 is 28.7 Å². The lowest BCUT2D eigenvalue weighted by atomic mass is 9.79. The molecule has 0 atom stereocenters. The lowest BCUT2D eigenvalue weighted by Crippen LogP contribution is -2.34. The third-order valence-corrected chi connectivity index (χ3v) is 6.72. The van der Waals surface area contributed by atoms with Crippen LogP contribution in [-0.2, 0) is 22.4 Å². The molecule has 0 aliphatic rings. The van der Waals surface area contributed by atoms with Crippen molar-refractivity contribution in [2.75, 3.05) is 68.7 Å². The van der Waals surface area contributed by atoms with Gasteiger partial charge in [-0.2, -0.15) is 0 Å². The molecule has 39 heavy (non-hydrogen) atoms. The minimum Gasteiger partial charge on any atom is -0.493 e. The van der Waals surface area contributed by atoms with Crippen LogP contribution < -0.4 is 18.9 Å². The molecule has 0 saturated carbocycles. The van der Waals surface area contributed by atoms with Crippen LogP contribution in [-0.4, -0.2) is 90.1 Å². The van der Waals surface area contributed by atoms with Gasteiger partial charge in [0.05, 0.1) is 19.6 Å². The summed E-state index contributed by atoms with van der Waals surface area (Å²) in [5.74, 6) is 2.49. The van der Waals surface area contributed by atoms with Gasteiger partial charge in [0.15, 0.2) is 23.0 Å². The van der Waals surface area contributed by atoms with Crippen LogP contribution in [0.2, 0.25) is 0 Å². The molecule has 0 bridgehead atoms. The van der Waals surface area contributed by atoms with Crippen LogP contribution in [0.5, 0.6) is 23.0 Å². The molecule has 0 saturated heterocycles. The molecule has 8 heteroatoms. The van der Waals surface area contributed by atoms with Crippen molar-refractivity contribution in [1.82, 2.24) is 9.80 Å². The smallest absolute Gasteiger partial charge is 0.161 e. The SMILES string of the molecule is COc1cc(CCC(=O)C(C)(C)C(=O)CCc2ccc(OCCN(C)C)c(OC)c2)ccc1OCCN(C)C. The zero-order valence-electron chi connectivity index (χ0n) is 25.0. The zero-order chi connectivity index (χ0) is 29.0. The van der Waals surface area contributed by atoms with Gasteiger partial charge in [-0.3, -0.25) is 9.59 Å². The van der Waals surface area contributed by atoms with Gasteiger partial charge in [-0.1, -0.05) is 12.1 Å². The van der Waals surface area contributed by atoms with Crippen LogP contribution in [0, 0.1) is 5.41 Å². The van der Waals surface area contributed by atoms with Crippen LogP contribution in [0.4, 0.5) is 0 Å². The van der Waals surface area contributed by atoms with Crippen molar-refractivity contribution in [3.8, 4) is 23.0 Å². The standard InChI is InChI=1S/C31H46N2O6/c1-31(2,29(34)15-11-23-9-13-25(27(21-23)36-7)38-19-17-32(3)4)30(35)16-12-24-10-14-26(28(22-24)37-8)39-20-18-33(5)6/h9-10,13-14,21-22H,11-12,15-20H2,1-8H3. The Morgan fingerprint density at radius 1 is 0.667 bits per heavy atom. The Kier molecular flexibility index (Phi) is 12.7. The van der Waals surface area contributed by atoms with Crippen molar-refractivity contribution < 1.29 is 28.5 Å². The van der Waals surface area contributed by atoms with Gasteiger partial charge in [0.25, 0.3) is 0 Å². The third kappa shape index (κ3) is 10.2. The van der Waals surface area contributed by atoms with E-state index in [1.54, 1.807) is 28.1 Å². The molecule has 0 aromatic heterocycles. The predicted molar refractivity (Wildman–Crippen MR) is 155 cm³/mol. The van der Waals surface area contributed by atoms with Gasteiger partial charge in [-0.15, -0.1) is 0 Å². The van der Waals surface area contributed by atoms with Crippen LogP contribution in [0.1, 0.15) is 37.8 Å². The minimum atomic E-state index is -1.06. The van der Waals surface area contributed by atoms with Gasteiger partial charge in [-0.05, 0) is 90.3 Å². The maximum atomic E-state index is 13.1. The number of hydrogen-bond acceptors (Lipinski definition) is 8. The largest absolute Gasteiger partial charge is 0.493 e. The van der Waals surface area contributed by atoms with Crippen LogP contribution in [0.15, 0.2) is 36.4 Å². The van der Waals surface area contributed by atoms with E-state index >= 15 is 0 Å². The van der Waals surface area contributed by atoms with Gasteiger partial charge in [0.1, 0.15) is 24.8 Å². The fraction of sp³-hybridized carbons (Fsp3) is 0.548. The molecule has 2 rings (SSSR count). The highest BCUT2D eigenvalue weighted by Crippen LogP contribution is 2.31. The fourth-order valence-corrected chi connectivity index (χ4v) is 3.95. The van der Waals surface area contributed by atoms with E-state index in [0.29, 0.717) is 49.1 Å². The number of carbonyl (C=O) groups is 2. The molecule has 0 fully saturated rings. The third-order valence-electron chi connectivity index (χ3n) is 6.72. The molecule has 0 heterocycles. The number of nitrogens with zero attached hydrogens (tertiary/aromatic N) is 2. The van der Waals surface area contributed by atoms with E-state index in [4.69, 9.17) is 18.9 Å². The molecule has 0 radical (unpaired) electrons. The highest BCUT2D eigenvalue weighted by molar-refractivity contribution is 6.06. The van der Waals surface area contributed by atoms with Crippen LogP contribution in [0.25, 0.3) is 0 Å². The second-order valence-electron chi connectivity index (χ2n) is 10.7. The maximum absolute atomic E-state index is 13.1. The average Bonchev–Trinajstić information content (AvgIpc) is 2.90. The number of methoxy groups -OCH3 is 2. The molecule has 0 N–H and O–H groups in total. The summed E-state index contributed by atoms with van der Waals surface area (Å²) in [7, 11) is 11.2. The summed E-state index contributed by atoms with van der Waals surface area (Å²) in [5.41, 5.74) is 0.866. The summed E-state index contributed by atoms with van der Waals surface area (Å²) in [5, 5.41) is 0. The molecule has 0 aliphatic heterocycles. The second kappa shape index (κ2) is 15.5. The number of hydrogen-bond donors (Lipinski definition) is 0. The Morgan fingerprint density at radius 2 is 1.05 bits per heavy atom. The van der Waals surface area contributed by atoms with Gasteiger partial charge in [0.2, 0.25) is 0 Å². The molecule has 216 valence electrons. The quantitative estimate of drug-likeness (QED) is 0.258. The first-order valence-electron chi connectivity index (χ1n) is 13.4. The first-order chi connectivity index (χ1) is 18.5. The fourth-order valence-electron chi connectivity index (χ4n) is 3.95. The number of ether oxygens (including phenoxy) is 4.